The van der Waals surface area contributed by atoms with Crippen LogP contribution < -0.4 is 10.1 Å². The number of ether oxygens (including phenoxy) is 1. The zero-order chi connectivity index (χ0) is 17.8. The molecular formula is C17H22N4O4. The average molecular weight is 346 g/mol. The number of carbonyl (C=O) groups is 1. The molecule has 3 rings (SSSR count). The fourth-order valence-corrected chi connectivity index (χ4v) is 3.23. The number of aliphatic hydroxyl groups is 1. The van der Waals surface area contributed by atoms with Crippen molar-refractivity contribution in [2.75, 3.05) is 33.3 Å². The number of methoxy groups -OCH3 is 1. The lowest BCUT2D eigenvalue weighted by Crippen LogP contribution is -2.31. The van der Waals surface area contributed by atoms with E-state index in [1.54, 1.807) is 25.4 Å². The van der Waals surface area contributed by atoms with Crippen molar-refractivity contribution < 1.29 is 19.7 Å². The van der Waals surface area contributed by atoms with Crippen molar-refractivity contribution in [3.63, 3.8) is 0 Å². The normalized spacial score (nSPS) is 19.0. The molecule has 0 bridgehead atoms. The first-order valence-corrected chi connectivity index (χ1v) is 8.23. The van der Waals surface area contributed by atoms with Gasteiger partial charge in [-0.15, -0.1) is 0 Å². The first-order chi connectivity index (χ1) is 12.1. The van der Waals surface area contributed by atoms with Gasteiger partial charge >= 0.3 is 6.09 Å². The van der Waals surface area contributed by atoms with Crippen LogP contribution in [0, 0.1) is 5.92 Å². The number of aliphatic hydroxyl groups excluding tert-OH is 1. The monoisotopic (exact) mass is 346 g/mol. The van der Waals surface area contributed by atoms with Crippen molar-refractivity contribution in [2.45, 2.75) is 12.5 Å². The van der Waals surface area contributed by atoms with Crippen molar-refractivity contribution in [1.82, 2.24) is 20.2 Å². The van der Waals surface area contributed by atoms with Crippen molar-refractivity contribution in [3.8, 4) is 5.88 Å². The maximum atomic E-state index is 10.7. The Bertz CT molecular complexity index is 755. The van der Waals surface area contributed by atoms with Gasteiger partial charge in [0, 0.05) is 37.5 Å². The van der Waals surface area contributed by atoms with Gasteiger partial charge in [0.1, 0.15) is 0 Å². The van der Waals surface area contributed by atoms with E-state index in [0.717, 1.165) is 25.1 Å². The third-order valence-electron chi connectivity index (χ3n) is 4.50. The Balaban J connectivity index is 1.68. The molecule has 1 aliphatic heterocycles. The van der Waals surface area contributed by atoms with Crippen LogP contribution in [0.15, 0.2) is 24.4 Å². The van der Waals surface area contributed by atoms with E-state index >= 15 is 0 Å². The van der Waals surface area contributed by atoms with Crippen molar-refractivity contribution >= 4 is 17.1 Å². The number of β-amino-alcohol motifs (C(OH)–C–C–N with tert-alkyl or cyclic N) is 1. The van der Waals surface area contributed by atoms with Gasteiger partial charge in [-0.2, -0.15) is 0 Å². The summed E-state index contributed by atoms with van der Waals surface area (Å²) in [5, 5.41) is 21.8. The lowest BCUT2D eigenvalue weighted by atomic mass is 10.1. The Morgan fingerprint density at radius 3 is 3.08 bits per heavy atom. The number of hydrogen-bond acceptors (Lipinski definition) is 6. The van der Waals surface area contributed by atoms with Crippen molar-refractivity contribution in [1.29, 1.82) is 0 Å². The number of hydrogen-bond donors (Lipinski definition) is 3. The highest BCUT2D eigenvalue weighted by molar-refractivity contribution is 5.78. The van der Waals surface area contributed by atoms with Crippen LogP contribution in [-0.4, -0.2) is 64.5 Å². The number of fused-ring (bicyclic) bond motifs is 1. The highest BCUT2D eigenvalue weighted by atomic mass is 16.5. The van der Waals surface area contributed by atoms with E-state index in [4.69, 9.17) is 9.84 Å². The molecule has 0 aromatic carbocycles. The minimum atomic E-state index is -0.998. The van der Waals surface area contributed by atoms with Crippen LogP contribution in [0.4, 0.5) is 4.79 Å². The SMILES string of the molecule is COc1ccc2nccc([C@H](O)CN3CC[C@@H](CNC(=O)O)C3)c2n1. The topological polar surface area (TPSA) is 108 Å². The first kappa shape index (κ1) is 17.4. The first-order valence-electron chi connectivity index (χ1n) is 8.23. The fourth-order valence-electron chi connectivity index (χ4n) is 3.23. The Hall–Kier alpha value is -2.45. The van der Waals surface area contributed by atoms with Crippen LogP contribution in [0.2, 0.25) is 0 Å². The fraction of sp³-hybridized carbons (Fsp3) is 0.471. The third kappa shape index (κ3) is 4.15. The lowest BCUT2D eigenvalue weighted by molar-refractivity contribution is 0.125. The Morgan fingerprint density at radius 1 is 1.48 bits per heavy atom. The summed E-state index contributed by atoms with van der Waals surface area (Å²) >= 11 is 0. The number of pyridine rings is 2. The van der Waals surface area contributed by atoms with Crippen LogP contribution in [0.25, 0.3) is 11.0 Å². The predicted molar refractivity (Wildman–Crippen MR) is 91.6 cm³/mol. The zero-order valence-electron chi connectivity index (χ0n) is 14.1. The zero-order valence-corrected chi connectivity index (χ0v) is 14.1. The minimum absolute atomic E-state index is 0.274. The van der Waals surface area contributed by atoms with Gasteiger partial charge in [-0.3, -0.25) is 4.98 Å². The molecule has 2 aromatic heterocycles. The Kier molecular flexibility index (Phi) is 5.30. The molecular weight excluding hydrogens is 324 g/mol. The second kappa shape index (κ2) is 7.62. The van der Waals surface area contributed by atoms with Crippen LogP contribution in [-0.2, 0) is 0 Å². The molecule has 0 aliphatic carbocycles. The summed E-state index contributed by atoms with van der Waals surface area (Å²) in [5.41, 5.74) is 2.07. The number of carboxylic acid groups (broad SMARTS) is 1. The molecule has 1 saturated heterocycles. The number of nitrogens with one attached hydrogen (secondary N) is 1. The predicted octanol–water partition coefficient (Wildman–Crippen LogP) is 1.26. The van der Waals surface area contributed by atoms with Gasteiger partial charge in [0.2, 0.25) is 5.88 Å². The van der Waals surface area contributed by atoms with E-state index in [1.165, 1.54) is 0 Å². The number of amides is 1. The molecule has 0 saturated carbocycles. The van der Waals surface area contributed by atoms with Gasteiger partial charge in [-0.25, -0.2) is 9.78 Å². The summed E-state index contributed by atoms with van der Waals surface area (Å²) in [6, 6.07) is 5.34. The second-order valence-electron chi connectivity index (χ2n) is 6.24. The molecule has 1 amide bonds. The second-order valence-corrected chi connectivity index (χ2v) is 6.24. The summed E-state index contributed by atoms with van der Waals surface area (Å²) in [7, 11) is 1.55. The highest BCUT2D eigenvalue weighted by Gasteiger charge is 2.25. The van der Waals surface area contributed by atoms with Crippen LogP contribution in [0.3, 0.4) is 0 Å². The minimum Gasteiger partial charge on any atom is -0.481 e. The molecule has 0 radical (unpaired) electrons. The van der Waals surface area contributed by atoms with Gasteiger partial charge in [-0.1, -0.05) is 0 Å². The van der Waals surface area contributed by atoms with Gasteiger partial charge in [-0.05, 0) is 31.0 Å². The largest absolute Gasteiger partial charge is 0.481 e. The molecule has 1 aliphatic rings. The van der Waals surface area contributed by atoms with Crippen LogP contribution in [0.5, 0.6) is 5.88 Å². The van der Waals surface area contributed by atoms with Crippen molar-refractivity contribution in [2.24, 2.45) is 5.92 Å². The van der Waals surface area contributed by atoms with Crippen LogP contribution in [0.1, 0.15) is 18.1 Å². The van der Waals surface area contributed by atoms with E-state index in [1.807, 2.05) is 6.07 Å². The highest BCUT2D eigenvalue weighted by Crippen LogP contribution is 2.26. The number of rotatable bonds is 6. The molecule has 2 atom stereocenters. The van der Waals surface area contributed by atoms with Crippen LogP contribution >= 0.6 is 0 Å². The molecule has 0 spiro atoms. The van der Waals surface area contributed by atoms with Gasteiger partial charge < -0.3 is 25.2 Å². The van der Waals surface area contributed by atoms with Gasteiger partial charge in [0.15, 0.2) is 0 Å². The summed E-state index contributed by atoms with van der Waals surface area (Å²) in [4.78, 5) is 21.4. The molecule has 134 valence electrons. The number of aromatic nitrogens is 2. The summed E-state index contributed by atoms with van der Waals surface area (Å²) in [5.74, 6) is 0.755. The lowest BCUT2D eigenvalue weighted by Gasteiger charge is -2.21. The summed E-state index contributed by atoms with van der Waals surface area (Å²) < 4.78 is 5.16. The van der Waals surface area contributed by atoms with Crippen molar-refractivity contribution in [3.05, 3.63) is 30.0 Å². The van der Waals surface area contributed by atoms with E-state index in [-0.39, 0.29) is 5.92 Å². The van der Waals surface area contributed by atoms with Gasteiger partial charge in [0.05, 0.1) is 24.2 Å². The maximum absolute atomic E-state index is 10.7. The molecule has 3 heterocycles. The van der Waals surface area contributed by atoms with E-state index in [2.05, 4.69) is 20.2 Å². The average Bonchev–Trinajstić information content (AvgIpc) is 3.06. The Morgan fingerprint density at radius 2 is 2.32 bits per heavy atom. The number of nitrogens with zero attached hydrogens (tertiary/aromatic N) is 3. The van der Waals surface area contributed by atoms with E-state index in [0.29, 0.717) is 30.0 Å². The molecule has 3 N–H and O–H groups in total. The summed E-state index contributed by atoms with van der Waals surface area (Å²) in [6.45, 7) is 2.51. The van der Waals surface area contributed by atoms with E-state index < -0.39 is 12.2 Å². The quantitative estimate of drug-likeness (QED) is 0.723. The summed E-state index contributed by atoms with van der Waals surface area (Å²) in [6.07, 6.45) is 0.882. The molecule has 25 heavy (non-hydrogen) atoms. The standard InChI is InChI=1S/C17H22N4O4/c1-25-15-3-2-13-16(20-15)12(4-6-18-13)14(22)10-21-7-5-11(9-21)8-19-17(23)24/h2-4,6,11,14,19,22H,5,7-10H2,1H3,(H,23,24)/t11-,14+/m0/s1. The Labute approximate surface area is 145 Å². The molecule has 2 aromatic rings. The molecule has 1 fully saturated rings. The molecule has 0 unspecified atom stereocenters. The smallest absolute Gasteiger partial charge is 0.404 e. The number of likely N-dealkylation sites (tertiary alicyclic amines) is 1. The van der Waals surface area contributed by atoms with E-state index in [9.17, 15) is 9.90 Å². The molecule has 8 heteroatoms. The molecule has 8 nitrogen and oxygen atoms in total. The van der Waals surface area contributed by atoms with Gasteiger partial charge in [0.25, 0.3) is 0 Å². The maximum Gasteiger partial charge on any atom is 0.404 e. The third-order valence-corrected chi connectivity index (χ3v) is 4.50.